The molecule has 2 aliphatic carbocycles. The molecule has 0 aromatic rings. The normalized spacial score (nSPS) is 44.1. The smallest absolute Gasteiger partial charge is 0.304 e. The molecule has 0 spiro atoms. The van der Waals surface area contributed by atoms with Gasteiger partial charge in [0.05, 0.1) is 6.04 Å². The van der Waals surface area contributed by atoms with Crippen molar-refractivity contribution in [3.8, 4) is 0 Å². The number of hydrogen-bond acceptors (Lipinski definition) is 3. The van der Waals surface area contributed by atoms with Gasteiger partial charge in [0.15, 0.2) is 9.91 Å². The van der Waals surface area contributed by atoms with Crippen LogP contribution in [0.15, 0.2) is 4.99 Å². The molecule has 3 nitrogen and oxygen atoms in total. The summed E-state index contributed by atoms with van der Waals surface area (Å²) in [4.78, 5) is 15.9. The van der Waals surface area contributed by atoms with E-state index in [2.05, 4.69) is 10.3 Å². The van der Waals surface area contributed by atoms with Crippen LogP contribution < -0.4 is 5.32 Å². The zero-order valence-corrected chi connectivity index (χ0v) is 11.3. The van der Waals surface area contributed by atoms with Crippen LogP contribution in [0.25, 0.3) is 0 Å². The van der Waals surface area contributed by atoms with Gasteiger partial charge in [-0.3, -0.25) is 9.79 Å². The van der Waals surface area contributed by atoms with Crippen LogP contribution in [0, 0.1) is 11.8 Å². The molecule has 3 fully saturated rings. The molecule has 19 heavy (non-hydrogen) atoms. The fourth-order valence-electron chi connectivity index (χ4n) is 3.25. The number of rotatable bonds is 1. The summed E-state index contributed by atoms with van der Waals surface area (Å²) in [7, 11) is 0. The van der Waals surface area contributed by atoms with Gasteiger partial charge in [0.2, 0.25) is 0 Å². The zero-order valence-electron chi connectivity index (χ0n) is 10.5. The number of thioether (sulfide) groups is 1. The highest BCUT2D eigenvalue weighted by atomic mass is 32.2. The molecule has 1 saturated heterocycles. The van der Waals surface area contributed by atoms with Gasteiger partial charge in [-0.05, 0) is 38.0 Å². The van der Waals surface area contributed by atoms with E-state index in [-0.39, 0.29) is 11.2 Å². The van der Waals surface area contributed by atoms with Crippen LogP contribution in [0.1, 0.15) is 32.6 Å². The molecular weight excluding hydrogens is 277 g/mol. The highest BCUT2D eigenvalue weighted by Crippen LogP contribution is 2.48. The summed E-state index contributed by atoms with van der Waals surface area (Å²) in [5, 5.41) is 2.43. The first kappa shape index (κ1) is 13.3. The van der Waals surface area contributed by atoms with Crippen molar-refractivity contribution in [2.24, 2.45) is 16.8 Å². The lowest BCUT2D eigenvalue weighted by molar-refractivity contribution is -0.166. The van der Waals surface area contributed by atoms with E-state index < -0.39 is 16.8 Å². The van der Waals surface area contributed by atoms with Crippen LogP contribution in [-0.4, -0.2) is 28.0 Å². The van der Waals surface area contributed by atoms with E-state index in [0.29, 0.717) is 23.6 Å². The number of halogens is 3. The van der Waals surface area contributed by atoms with Crippen molar-refractivity contribution in [3.05, 3.63) is 0 Å². The van der Waals surface area contributed by atoms with Crippen LogP contribution in [-0.2, 0) is 4.79 Å². The van der Waals surface area contributed by atoms with Crippen molar-refractivity contribution in [2.75, 3.05) is 0 Å². The molecule has 0 aromatic heterocycles. The maximum atomic E-state index is 12.9. The van der Waals surface area contributed by atoms with E-state index in [0.717, 1.165) is 26.2 Å². The van der Waals surface area contributed by atoms with Crippen molar-refractivity contribution < 1.29 is 18.0 Å². The fraction of sp³-hybridized carbons (Fsp3) is 0.833. The maximum Gasteiger partial charge on any atom is 0.412 e. The summed E-state index contributed by atoms with van der Waals surface area (Å²) in [6.45, 7) is 0.913. The third-order valence-corrected chi connectivity index (χ3v) is 5.71. The number of alkyl halides is 3. The zero-order chi connectivity index (χ0) is 13.8. The molecule has 4 atom stereocenters. The Labute approximate surface area is 113 Å². The second kappa shape index (κ2) is 4.14. The standard InChI is InChI=1S/C12H15F3N2OS/c1-11(12(13,14)15)9(18)17-10(19-11)16-8-5-6-2-3-7(8)4-6/h6-8H,2-5H2,1H3,(H,16,17,18)/t6-,7-,8-,11+/m0/s1. The summed E-state index contributed by atoms with van der Waals surface area (Å²) in [6.07, 6.45) is -0.148. The van der Waals surface area contributed by atoms with Crippen LogP contribution in [0.2, 0.25) is 0 Å². The predicted octanol–water partition coefficient (Wildman–Crippen LogP) is 2.72. The third kappa shape index (κ3) is 2.06. The van der Waals surface area contributed by atoms with E-state index in [9.17, 15) is 18.0 Å². The highest BCUT2D eigenvalue weighted by Gasteiger charge is 2.62. The van der Waals surface area contributed by atoms with E-state index in [1.807, 2.05) is 0 Å². The van der Waals surface area contributed by atoms with Crippen molar-refractivity contribution >= 4 is 22.8 Å². The first-order valence-electron chi connectivity index (χ1n) is 6.44. The first-order valence-corrected chi connectivity index (χ1v) is 7.26. The Morgan fingerprint density at radius 1 is 1.37 bits per heavy atom. The fourth-order valence-corrected chi connectivity index (χ4v) is 4.22. The first-order chi connectivity index (χ1) is 8.79. The molecule has 1 amide bonds. The minimum Gasteiger partial charge on any atom is -0.304 e. The second-order valence-electron chi connectivity index (χ2n) is 5.76. The lowest BCUT2D eigenvalue weighted by Crippen LogP contribution is -2.46. The van der Waals surface area contributed by atoms with Gasteiger partial charge >= 0.3 is 6.18 Å². The Kier molecular flexibility index (Phi) is 2.89. The van der Waals surface area contributed by atoms with Gasteiger partial charge in [-0.2, -0.15) is 13.2 Å². The summed E-state index contributed by atoms with van der Waals surface area (Å²) in [6, 6.07) is 0.0946. The van der Waals surface area contributed by atoms with Crippen molar-refractivity contribution in [1.29, 1.82) is 0 Å². The largest absolute Gasteiger partial charge is 0.412 e. The second-order valence-corrected chi connectivity index (χ2v) is 7.17. The molecule has 0 aromatic carbocycles. The van der Waals surface area contributed by atoms with E-state index >= 15 is 0 Å². The number of hydrogen-bond donors (Lipinski definition) is 1. The van der Waals surface area contributed by atoms with Crippen LogP contribution in [0.5, 0.6) is 0 Å². The summed E-state index contributed by atoms with van der Waals surface area (Å²) in [5.74, 6) is 0.162. The Hall–Kier alpha value is -0.720. The minimum atomic E-state index is -4.56. The monoisotopic (exact) mass is 292 g/mol. The number of aliphatic imine (C=N–C) groups is 1. The number of amides is 1. The van der Waals surface area contributed by atoms with Gasteiger partial charge in [-0.1, -0.05) is 18.2 Å². The molecule has 1 heterocycles. The van der Waals surface area contributed by atoms with Gasteiger partial charge in [-0.15, -0.1) is 0 Å². The molecule has 1 aliphatic heterocycles. The highest BCUT2D eigenvalue weighted by molar-refractivity contribution is 8.16. The average molecular weight is 292 g/mol. The third-order valence-electron chi connectivity index (χ3n) is 4.48. The summed E-state index contributed by atoms with van der Waals surface area (Å²) in [5.41, 5.74) is 0. The van der Waals surface area contributed by atoms with E-state index in [1.54, 1.807) is 0 Å². The Morgan fingerprint density at radius 3 is 2.58 bits per heavy atom. The SMILES string of the molecule is C[C@@]1(C(F)(F)F)SC(=N[C@H]2C[C@H]3CC[C@H]2C3)NC1=O. The number of carbonyl (C=O) groups excluding carboxylic acids is 1. The number of carbonyl (C=O) groups is 1. The van der Waals surface area contributed by atoms with Gasteiger partial charge in [0.1, 0.15) is 0 Å². The molecule has 3 rings (SSSR count). The molecule has 2 bridgehead atoms. The topological polar surface area (TPSA) is 41.5 Å². The minimum absolute atomic E-state index is 0.0946. The Balaban J connectivity index is 1.76. The number of amidine groups is 1. The molecule has 0 radical (unpaired) electrons. The van der Waals surface area contributed by atoms with Gasteiger partial charge < -0.3 is 5.32 Å². The number of nitrogens with zero attached hydrogens (tertiary/aromatic N) is 1. The maximum absolute atomic E-state index is 12.9. The number of fused-ring (bicyclic) bond motifs is 2. The summed E-state index contributed by atoms with van der Waals surface area (Å²) < 4.78 is 36.3. The van der Waals surface area contributed by atoms with Gasteiger partial charge in [0, 0.05) is 0 Å². The molecule has 0 unspecified atom stereocenters. The predicted molar refractivity (Wildman–Crippen MR) is 66.9 cm³/mol. The lowest BCUT2D eigenvalue weighted by Gasteiger charge is -2.22. The molecule has 1 N–H and O–H groups in total. The molecule has 7 heteroatoms. The van der Waals surface area contributed by atoms with Crippen molar-refractivity contribution in [1.82, 2.24) is 5.32 Å². The number of nitrogens with one attached hydrogen (secondary N) is 1. The quantitative estimate of drug-likeness (QED) is 0.807. The van der Waals surface area contributed by atoms with Gasteiger partial charge in [-0.25, -0.2) is 0 Å². The van der Waals surface area contributed by atoms with Crippen LogP contribution in [0.4, 0.5) is 13.2 Å². The molecule has 106 valence electrons. The average Bonchev–Trinajstić information content (AvgIpc) is 2.94. The Bertz CT molecular complexity index is 451. The van der Waals surface area contributed by atoms with Crippen LogP contribution >= 0.6 is 11.8 Å². The van der Waals surface area contributed by atoms with E-state index in [4.69, 9.17) is 0 Å². The molecule has 2 saturated carbocycles. The van der Waals surface area contributed by atoms with E-state index in [1.165, 1.54) is 6.42 Å². The lowest BCUT2D eigenvalue weighted by atomic mass is 9.96. The molecular formula is C12H15F3N2OS. The summed E-state index contributed by atoms with van der Waals surface area (Å²) >= 11 is 0.507. The van der Waals surface area contributed by atoms with Crippen molar-refractivity contribution in [3.63, 3.8) is 0 Å². The molecule has 3 aliphatic rings. The Morgan fingerprint density at radius 2 is 2.11 bits per heavy atom. The van der Waals surface area contributed by atoms with Crippen LogP contribution in [0.3, 0.4) is 0 Å². The van der Waals surface area contributed by atoms with Gasteiger partial charge in [0.25, 0.3) is 5.91 Å². The van der Waals surface area contributed by atoms with Crippen molar-refractivity contribution in [2.45, 2.75) is 49.6 Å².